The summed E-state index contributed by atoms with van der Waals surface area (Å²) in [5.41, 5.74) is 1.79. The molecule has 3 heteroatoms. The second-order valence-corrected chi connectivity index (χ2v) is 5.56. The number of unbranched alkanes of at least 4 members (excludes halogenated alkanes) is 7. The van der Waals surface area contributed by atoms with E-state index in [0.29, 0.717) is 5.56 Å². The number of carbonyl (C=O) groups is 1. The van der Waals surface area contributed by atoms with E-state index in [9.17, 15) is 4.79 Å². The van der Waals surface area contributed by atoms with Gasteiger partial charge < -0.3 is 10.6 Å². The molecule has 0 saturated heterocycles. The van der Waals surface area contributed by atoms with Gasteiger partial charge in [0.1, 0.15) is 0 Å². The molecular weight excluding hydrogens is 260 g/mol. The zero-order valence-corrected chi connectivity index (χ0v) is 13.6. The van der Waals surface area contributed by atoms with Crippen molar-refractivity contribution in [1.29, 1.82) is 0 Å². The second kappa shape index (κ2) is 11.2. The fourth-order valence-electron chi connectivity index (χ4n) is 2.38. The standard InChI is InChI=1S/C18H30N2O/c1-3-4-5-6-7-8-9-10-15-20-17-13-11-16(12-14-17)18(21)19-2/h11-14,20H,3-10,15H2,1-2H3,(H,19,21). The van der Waals surface area contributed by atoms with E-state index in [0.717, 1.165) is 12.2 Å². The molecule has 118 valence electrons. The van der Waals surface area contributed by atoms with Crippen molar-refractivity contribution in [2.24, 2.45) is 0 Å². The molecule has 0 aromatic heterocycles. The number of amides is 1. The Balaban J connectivity index is 2.06. The average molecular weight is 290 g/mol. The molecule has 3 nitrogen and oxygen atoms in total. The van der Waals surface area contributed by atoms with Gasteiger partial charge >= 0.3 is 0 Å². The summed E-state index contributed by atoms with van der Waals surface area (Å²) < 4.78 is 0. The molecule has 0 aliphatic heterocycles. The number of benzene rings is 1. The largest absolute Gasteiger partial charge is 0.385 e. The highest BCUT2D eigenvalue weighted by Gasteiger charge is 2.01. The summed E-state index contributed by atoms with van der Waals surface area (Å²) in [7, 11) is 1.65. The molecule has 0 unspecified atom stereocenters. The molecule has 0 aliphatic carbocycles. The molecule has 0 bridgehead atoms. The van der Waals surface area contributed by atoms with Crippen LogP contribution >= 0.6 is 0 Å². The Labute approximate surface area is 129 Å². The molecule has 0 heterocycles. The van der Waals surface area contributed by atoms with Gasteiger partial charge in [-0.05, 0) is 30.7 Å². The third-order valence-electron chi connectivity index (χ3n) is 3.73. The van der Waals surface area contributed by atoms with Gasteiger partial charge in [-0.25, -0.2) is 0 Å². The van der Waals surface area contributed by atoms with Crippen molar-refractivity contribution >= 4 is 11.6 Å². The average Bonchev–Trinajstić information content (AvgIpc) is 2.53. The molecule has 0 radical (unpaired) electrons. The Kier molecular flexibility index (Phi) is 9.34. The van der Waals surface area contributed by atoms with Crippen LogP contribution in [0.4, 0.5) is 5.69 Å². The number of hydrogen-bond donors (Lipinski definition) is 2. The summed E-state index contributed by atoms with van der Waals surface area (Å²) in [5, 5.41) is 6.03. The summed E-state index contributed by atoms with van der Waals surface area (Å²) in [4.78, 5) is 11.4. The molecule has 1 aromatic carbocycles. The fraction of sp³-hybridized carbons (Fsp3) is 0.611. The van der Waals surface area contributed by atoms with E-state index in [1.165, 1.54) is 51.4 Å². The number of rotatable bonds is 11. The van der Waals surface area contributed by atoms with Crippen molar-refractivity contribution in [1.82, 2.24) is 5.32 Å². The van der Waals surface area contributed by atoms with Crippen LogP contribution in [0, 0.1) is 0 Å². The Morgan fingerprint density at radius 3 is 2.05 bits per heavy atom. The van der Waals surface area contributed by atoms with Crippen molar-refractivity contribution in [2.75, 3.05) is 18.9 Å². The van der Waals surface area contributed by atoms with Gasteiger partial charge in [-0.1, -0.05) is 51.9 Å². The van der Waals surface area contributed by atoms with E-state index >= 15 is 0 Å². The van der Waals surface area contributed by atoms with Crippen LogP contribution in [0.2, 0.25) is 0 Å². The molecule has 2 N–H and O–H groups in total. The lowest BCUT2D eigenvalue weighted by molar-refractivity contribution is 0.0963. The van der Waals surface area contributed by atoms with Gasteiger partial charge in [0.25, 0.3) is 5.91 Å². The molecule has 0 aliphatic rings. The van der Waals surface area contributed by atoms with Crippen LogP contribution < -0.4 is 10.6 Å². The minimum atomic E-state index is -0.0374. The summed E-state index contributed by atoms with van der Waals surface area (Å²) in [6.07, 6.45) is 10.7. The van der Waals surface area contributed by atoms with Crippen molar-refractivity contribution in [3.8, 4) is 0 Å². The minimum absolute atomic E-state index is 0.0374. The maximum absolute atomic E-state index is 11.4. The molecule has 1 rings (SSSR count). The van der Waals surface area contributed by atoms with Crippen LogP contribution in [-0.4, -0.2) is 19.5 Å². The van der Waals surface area contributed by atoms with Crippen molar-refractivity contribution in [2.45, 2.75) is 58.3 Å². The monoisotopic (exact) mass is 290 g/mol. The maximum Gasteiger partial charge on any atom is 0.251 e. The third kappa shape index (κ3) is 7.74. The lowest BCUT2D eigenvalue weighted by Gasteiger charge is -2.07. The molecular formula is C18H30N2O. The van der Waals surface area contributed by atoms with Crippen LogP contribution in [0.3, 0.4) is 0 Å². The number of hydrogen-bond acceptors (Lipinski definition) is 2. The van der Waals surface area contributed by atoms with E-state index in [1.54, 1.807) is 7.05 Å². The van der Waals surface area contributed by atoms with Gasteiger partial charge in [0.05, 0.1) is 0 Å². The molecule has 0 atom stereocenters. The summed E-state index contributed by atoms with van der Waals surface area (Å²) in [6.45, 7) is 3.27. The number of anilines is 1. The van der Waals surface area contributed by atoms with E-state index < -0.39 is 0 Å². The second-order valence-electron chi connectivity index (χ2n) is 5.56. The lowest BCUT2D eigenvalue weighted by atomic mass is 10.1. The van der Waals surface area contributed by atoms with Crippen LogP contribution in [0.15, 0.2) is 24.3 Å². The molecule has 0 saturated carbocycles. The smallest absolute Gasteiger partial charge is 0.251 e. The molecule has 0 fully saturated rings. The predicted molar refractivity (Wildman–Crippen MR) is 90.9 cm³/mol. The van der Waals surface area contributed by atoms with Crippen molar-refractivity contribution in [3.05, 3.63) is 29.8 Å². The summed E-state index contributed by atoms with van der Waals surface area (Å²) >= 11 is 0. The Hall–Kier alpha value is -1.51. The van der Waals surface area contributed by atoms with Crippen LogP contribution in [0.5, 0.6) is 0 Å². The van der Waals surface area contributed by atoms with Gasteiger partial charge in [-0.3, -0.25) is 4.79 Å². The minimum Gasteiger partial charge on any atom is -0.385 e. The normalized spacial score (nSPS) is 10.4. The molecule has 1 aromatic rings. The Morgan fingerprint density at radius 2 is 1.48 bits per heavy atom. The number of nitrogens with one attached hydrogen (secondary N) is 2. The van der Waals surface area contributed by atoms with Crippen LogP contribution in [0.1, 0.15) is 68.6 Å². The van der Waals surface area contributed by atoms with Gasteiger partial charge in [-0.15, -0.1) is 0 Å². The van der Waals surface area contributed by atoms with Gasteiger partial charge in [0.2, 0.25) is 0 Å². The topological polar surface area (TPSA) is 41.1 Å². The summed E-state index contributed by atoms with van der Waals surface area (Å²) in [5.74, 6) is -0.0374. The highest BCUT2D eigenvalue weighted by molar-refractivity contribution is 5.94. The lowest BCUT2D eigenvalue weighted by Crippen LogP contribution is -2.17. The van der Waals surface area contributed by atoms with Gasteiger partial charge in [0, 0.05) is 24.8 Å². The molecule has 21 heavy (non-hydrogen) atoms. The van der Waals surface area contributed by atoms with Crippen LogP contribution in [-0.2, 0) is 0 Å². The SMILES string of the molecule is CCCCCCCCCCNc1ccc(C(=O)NC)cc1. The quantitative estimate of drug-likeness (QED) is 0.585. The van der Waals surface area contributed by atoms with Gasteiger partial charge in [0.15, 0.2) is 0 Å². The first kappa shape index (κ1) is 17.5. The maximum atomic E-state index is 11.4. The first-order valence-electron chi connectivity index (χ1n) is 8.34. The van der Waals surface area contributed by atoms with E-state index in [2.05, 4.69) is 17.6 Å². The van der Waals surface area contributed by atoms with E-state index in [1.807, 2.05) is 24.3 Å². The first-order valence-corrected chi connectivity index (χ1v) is 8.34. The zero-order chi connectivity index (χ0) is 15.3. The Morgan fingerprint density at radius 1 is 0.905 bits per heavy atom. The van der Waals surface area contributed by atoms with E-state index in [4.69, 9.17) is 0 Å². The third-order valence-corrected chi connectivity index (χ3v) is 3.73. The highest BCUT2D eigenvalue weighted by Crippen LogP contribution is 2.11. The summed E-state index contributed by atoms with van der Waals surface area (Å²) in [6, 6.07) is 7.65. The van der Waals surface area contributed by atoms with Crippen LogP contribution in [0.25, 0.3) is 0 Å². The molecule has 0 spiro atoms. The van der Waals surface area contributed by atoms with Gasteiger partial charge in [-0.2, -0.15) is 0 Å². The van der Waals surface area contributed by atoms with E-state index in [-0.39, 0.29) is 5.91 Å². The zero-order valence-electron chi connectivity index (χ0n) is 13.6. The number of carbonyl (C=O) groups excluding carboxylic acids is 1. The Bertz CT molecular complexity index is 387. The molecule has 1 amide bonds. The highest BCUT2D eigenvalue weighted by atomic mass is 16.1. The first-order chi connectivity index (χ1) is 10.3. The fourth-order valence-corrected chi connectivity index (χ4v) is 2.38. The van der Waals surface area contributed by atoms with Crippen molar-refractivity contribution < 1.29 is 4.79 Å². The van der Waals surface area contributed by atoms with Crippen molar-refractivity contribution in [3.63, 3.8) is 0 Å². The predicted octanol–water partition coefficient (Wildman–Crippen LogP) is 4.60.